The number of rotatable bonds is 5. The normalized spacial score (nSPS) is 15.1. The van der Waals surface area contributed by atoms with Crippen LogP contribution in [0.25, 0.3) is 0 Å². The van der Waals surface area contributed by atoms with E-state index in [-0.39, 0.29) is 5.75 Å². The number of carboxylic acid groups (broad SMARTS) is 1. The maximum Gasteiger partial charge on any atom is 0.307 e. The molecule has 0 saturated carbocycles. The molecular weight excluding hydrogens is 276 g/mol. The van der Waals surface area contributed by atoms with Crippen LogP contribution in [0.3, 0.4) is 0 Å². The molecule has 0 spiro atoms. The average molecular weight is 291 g/mol. The van der Waals surface area contributed by atoms with E-state index in [0.29, 0.717) is 10.6 Å². The molecule has 2 unspecified atom stereocenters. The Morgan fingerprint density at radius 3 is 2.22 bits per heavy atom. The lowest BCUT2D eigenvalue weighted by Crippen LogP contribution is -2.31. The second-order valence-electron chi connectivity index (χ2n) is 4.27. The van der Waals surface area contributed by atoms with Gasteiger partial charge in [-0.05, 0) is 24.6 Å². The molecule has 1 aromatic rings. The molecule has 0 aliphatic carbocycles. The van der Waals surface area contributed by atoms with Crippen LogP contribution in [-0.2, 0) is 20.4 Å². The summed E-state index contributed by atoms with van der Waals surface area (Å²) >= 11 is 5.71. The number of sulfone groups is 1. The zero-order chi connectivity index (χ0) is 13.9. The van der Waals surface area contributed by atoms with Crippen molar-refractivity contribution in [3.63, 3.8) is 0 Å². The van der Waals surface area contributed by atoms with Gasteiger partial charge in [-0.15, -0.1) is 0 Å². The average Bonchev–Trinajstić information content (AvgIpc) is 2.29. The van der Waals surface area contributed by atoms with Crippen molar-refractivity contribution in [2.24, 2.45) is 5.92 Å². The minimum absolute atomic E-state index is 0.178. The number of aliphatic carboxylic acids is 1. The number of hydrogen-bond acceptors (Lipinski definition) is 3. The molecule has 0 amide bonds. The topological polar surface area (TPSA) is 71.4 Å². The van der Waals surface area contributed by atoms with Crippen LogP contribution in [0.1, 0.15) is 19.4 Å². The van der Waals surface area contributed by atoms with Crippen molar-refractivity contribution in [3.05, 3.63) is 34.9 Å². The molecule has 6 heteroatoms. The van der Waals surface area contributed by atoms with Crippen LogP contribution in [0.15, 0.2) is 24.3 Å². The molecule has 100 valence electrons. The first-order chi connectivity index (χ1) is 8.24. The molecule has 0 aliphatic heterocycles. The zero-order valence-electron chi connectivity index (χ0n) is 10.1. The summed E-state index contributed by atoms with van der Waals surface area (Å²) < 4.78 is 24.1. The van der Waals surface area contributed by atoms with Crippen LogP contribution in [0.5, 0.6) is 0 Å². The second-order valence-corrected chi connectivity index (χ2v) is 7.06. The predicted molar refractivity (Wildman–Crippen MR) is 70.3 cm³/mol. The van der Waals surface area contributed by atoms with E-state index >= 15 is 0 Å². The summed E-state index contributed by atoms with van der Waals surface area (Å²) in [5.41, 5.74) is 0.601. The molecule has 0 aliphatic rings. The molecular formula is C12H15ClO4S. The van der Waals surface area contributed by atoms with E-state index in [2.05, 4.69) is 0 Å². The largest absolute Gasteiger partial charge is 0.481 e. The van der Waals surface area contributed by atoms with E-state index in [0.717, 1.165) is 0 Å². The Labute approximate surface area is 112 Å². The smallest absolute Gasteiger partial charge is 0.307 e. The molecule has 0 fully saturated rings. The molecule has 2 atom stereocenters. The Kier molecular flexibility index (Phi) is 4.76. The highest BCUT2D eigenvalue weighted by Gasteiger charge is 2.30. The lowest BCUT2D eigenvalue weighted by molar-refractivity contribution is -0.141. The van der Waals surface area contributed by atoms with Crippen molar-refractivity contribution in [1.82, 2.24) is 0 Å². The van der Waals surface area contributed by atoms with E-state index in [9.17, 15) is 13.2 Å². The van der Waals surface area contributed by atoms with Gasteiger partial charge in [-0.25, -0.2) is 8.42 Å². The summed E-state index contributed by atoms with van der Waals surface area (Å²) in [7, 11) is -3.49. The summed E-state index contributed by atoms with van der Waals surface area (Å²) in [5.74, 6) is -2.22. The molecule has 0 saturated heterocycles. The van der Waals surface area contributed by atoms with Crippen LogP contribution < -0.4 is 0 Å². The van der Waals surface area contributed by atoms with Gasteiger partial charge in [0.2, 0.25) is 0 Å². The van der Waals surface area contributed by atoms with Crippen LogP contribution >= 0.6 is 11.6 Å². The first-order valence-corrected chi connectivity index (χ1v) is 7.52. The van der Waals surface area contributed by atoms with Gasteiger partial charge in [-0.3, -0.25) is 4.79 Å². The van der Waals surface area contributed by atoms with Gasteiger partial charge in [-0.2, -0.15) is 0 Å². The highest BCUT2D eigenvalue weighted by Crippen LogP contribution is 2.19. The van der Waals surface area contributed by atoms with Crippen molar-refractivity contribution in [2.45, 2.75) is 24.9 Å². The summed E-state index contributed by atoms with van der Waals surface area (Å²) in [6.45, 7) is 2.82. The van der Waals surface area contributed by atoms with Crippen molar-refractivity contribution in [3.8, 4) is 0 Å². The maximum atomic E-state index is 12.0. The zero-order valence-corrected chi connectivity index (χ0v) is 11.7. The fraction of sp³-hybridized carbons (Fsp3) is 0.417. The molecule has 4 nitrogen and oxygen atoms in total. The van der Waals surface area contributed by atoms with Crippen LogP contribution in [-0.4, -0.2) is 24.7 Å². The maximum absolute atomic E-state index is 12.0. The Balaban J connectivity index is 2.88. The van der Waals surface area contributed by atoms with Crippen LogP contribution in [0.4, 0.5) is 0 Å². The fourth-order valence-electron chi connectivity index (χ4n) is 1.46. The molecule has 1 rings (SSSR count). The van der Waals surface area contributed by atoms with Crippen molar-refractivity contribution >= 4 is 27.4 Å². The van der Waals surface area contributed by atoms with Gasteiger partial charge in [0, 0.05) is 5.02 Å². The lowest BCUT2D eigenvalue weighted by Gasteiger charge is -2.16. The summed E-state index contributed by atoms with van der Waals surface area (Å²) in [4.78, 5) is 10.8. The lowest BCUT2D eigenvalue weighted by atomic mass is 10.1. The second kappa shape index (κ2) is 5.71. The standard InChI is InChI=1S/C12H15ClO4S/c1-8(12(14)15)9(2)18(16,17)7-10-3-5-11(13)6-4-10/h3-6,8-9H,7H2,1-2H3,(H,14,15). The first kappa shape index (κ1) is 15.0. The third kappa shape index (κ3) is 3.71. The third-order valence-corrected chi connectivity index (χ3v) is 5.47. The SMILES string of the molecule is CC(C(=O)O)C(C)S(=O)(=O)Cc1ccc(Cl)cc1. The van der Waals surface area contributed by atoms with Gasteiger partial charge in [0.15, 0.2) is 9.84 Å². The minimum atomic E-state index is -3.49. The van der Waals surface area contributed by atoms with Crippen LogP contribution in [0.2, 0.25) is 5.02 Å². The molecule has 0 radical (unpaired) electrons. The van der Waals surface area contributed by atoms with Crippen molar-refractivity contribution in [2.75, 3.05) is 0 Å². The highest BCUT2D eigenvalue weighted by molar-refractivity contribution is 7.91. The quantitative estimate of drug-likeness (QED) is 0.903. The first-order valence-electron chi connectivity index (χ1n) is 5.43. The van der Waals surface area contributed by atoms with Gasteiger partial charge in [0.1, 0.15) is 0 Å². The van der Waals surface area contributed by atoms with Gasteiger partial charge in [0.05, 0.1) is 16.9 Å². The molecule has 0 aromatic heterocycles. The summed E-state index contributed by atoms with van der Waals surface area (Å²) in [6.07, 6.45) is 0. The number of hydrogen-bond donors (Lipinski definition) is 1. The number of carboxylic acids is 1. The monoisotopic (exact) mass is 290 g/mol. The van der Waals surface area contributed by atoms with E-state index < -0.39 is 27.0 Å². The van der Waals surface area contributed by atoms with Gasteiger partial charge >= 0.3 is 5.97 Å². The Morgan fingerprint density at radius 1 is 1.28 bits per heavy atom. The van der Waals surface area contributed by atoms with Crippen molar-refractivity contribution < 1.29 is 18.3 Å². The van der Waals surface area contributed by atoms with E-state index in [1.807, 2.05) is 0 Å². The minimum Gasteiger partial charge on any atom is -0.481 e. The molecule has 1 N–H and O–H groups in total. The van der Waals surface area contributed by atoms with Gasteiger partial charge in [-0.1, -0.05) is 30.7 Å². The van der Waals surface area contributed by atoms with E-state index in [4.69, 9.17) is 16.7 Å². The van der Waals surface area contributed by atoms with Crippen LogP contribution in [0, 0.1) is 5.92 Å². The fourth-order valence-corrected chi connectivity index (χ4v) is 3.24. The number of halogens is 1. The summed E-state index contributed by atoms with van der Waals surface area (Å²) in [5, 5.41) is 8.44. The Hall–Kier alpha value is -1.07. The van der Waals surface area contributed by atoms with E-state index in [1.54, 1.807) is 24.3 Å². The Bertz CT molecular complexity index is 522. The molecule has 18 heavy (non-hydrogen) atoms. The molecule has 1 aromatic carbocycles. The number of benzene rings is 1. The van der Waals surface area contributed by atoms with Crippen molar-refractivity contribution in [1.29, 1.82) is 0 Å². The van der Waals surface area contributed by atoms with Gasteiger partial charge < -0.3 is 5.11 Å². The Morgan fingerprint density at radius 2 is 1.78 bits per heavy atom. The number of carbonyl (C=O) groups is 1. The van der Waals surface area contributed by atoms with Gasteiger partial charge in [0.25, 0.3) is 0 Å². The summed E-state index contributed by atoms with van der Waals surface area (Å²) in [6, 6.07) is 6.46. The predicted octanol–water partition coefficient (Wildman–Crippen LogP) is 2.36. The molecule has 0 bridgehead atoms. The highest BCUT2D eigenvalue weighted by atomic mass is 35.5. The van der Waals surface area contributed by atoms with E-state index in [1.165, 1.54) is 13.8 Å². The molecule has 0 heterocycles. The third-order valence-electron chi connectivity index (χ3n) is 2.94.